The zero-order valence-electron chi connectivity index (χ0n) is 21.9. The highest BCUT2D eigenvalue weighted by molar-refractivity contribution is 5.74. The number of methoxy groups -OCH3 is 1. The van der Waals surface area contributed by atoms with Gasteiger partial charge in [0.15, 0.2) is 0 Å². The molecule has 2 heterocycles. The summed E-state index contributed by atoms with van der Waals surface area (Å²) in [6.07, 6.45) is 5.67. The Morgan fingerprint density at radius 2 is 2.00 bits per heavy atom. The Hall–Kier alpha value is -2.36. The Bertz CT molecular complexity index is 773. The van der Waals surface area contributed by atoms with E-state index in [1.165, 1.54) is 13.5 Å². The maximum atomic E-state index is 13.3. The van der Waals surface area contributed by atoms with Gasteiger partial charge in [0.05, 0.1) is 19.8 Å². The first kappa shape index (κ1) is 28.2. The van der Waals surface area contributed by atoms with Crippen molar-refractivity contribution in [3.05, 3.63) is 35.9 Å². The third-order valence-electron chi connectivity index (χ3n) is 7.06. The van der Waals surface area contributed by atoms with Crippen LogP contribution < -0.4 is 16.0 Å². The van der Waals surface area contributed by atoms with Crippen LogP contribution in [0.5, 0.6) is 0 Å². The predicted molar refractivity (Wildman–Crippen MR) is 139 cm³/mol. The highest BCUT2D eigenvalue weighted by Gasteiger charge is 2.32. The van der Waals surface area contributed by atoms with Crippen LogP contribution in [0.3, 0.4) is 0 Å². The molecule has 3 N–H and O–H groups in total. The summed E-state index contributed by atoms with van der Waals surface area (Å²) in [5.74, 6) is 0.651. The van der Waals surface area contributed by atoms with E-state index in [0.717, 1.165) is 64.0 Å². The van der Waals surface area contributed by atoms with Crippen LogP contribution in [0.15, 0.2) is 30.3 Å². The van der Waals surface area contributed by atoms with E-state index in [-0.39, 0.29) is 24.1 Å². The molecule has 1 aromatic rings. The Balaban J connectivity index is 1.59. The van der Waals surface area contributed by atoms with Crippen molar-refractivity contribution in [3.63, 3.8) is 0 Å². The smallest absolute Gasteiger partial charge is 0.406 e. The molecule has 1 aromatic carbocycles. The van der Waals surface area contributed by atoms with E-state index in [9.17, 15) is 9.59 Å². The summed E-state index contributed by atoms with van der Waals surface area (Å²) in [4.78, 5) is 26.6. The topological polar surface area (TPSA) is 101 Å². The van der Waals surface area contributed by atoms with Crippen LogP contribution in [0, 0.1) is 11.8 Å². The minimum atomic E-state index is -0.470. The molecule has 0 spiro atoms. The van der Waals surface area contributed by atoms with E-state index < -0.39 is 6.09 Å². The van der Waals surface area contributed by atoms with E-state index in [4.69, 9.17) is 9.47 Å². The lowest BCUT2D eigenvalue weighted by Crippen LogP contribution is -2.52. The lowest BCUT2D eigenvalue weighted by atomic mass is 9.88. The molecule has 3 rings (SSSR count). The first-order valence-electron chi connectivity index (χ1n) is 13.4. The van der Waals surface area contributed by atoms with Gasteiger partial charge in [-0.15, -0.1) is 0 Å². The molecular formula is C27H44N4O5. The normalized spacial score (nSPS) is 22.2. The average Bonchev–Trinajstić information content (AvgIpc) is 3.18. The number of urea groups is 1. The fourth-order valence-corrected chi connectivity index (χ4v) is 5.26. The van der Waals surface area contributed by atoms with Crippen LogP contribution in [0.25, 0.3) is 0 Å². The Labute approximate surface area is 215 Å². The lowest BCUT2D eigenvalue weighted by Gasteiger charge is -2.38. The van der Waals surface area contributed by atoms with Gasteiger partial charge in [-0.25, -0.2) is 9.59 Å². The van der Waals surface area contributed by atoms with Gasteiger partial charge in [-0.05, 0) is 50.6 Å². The molecule has 2 fully saturated rings. The largest absolute Gasteiger partial charge is 0.453 e. The molecule has 9 nitrogen and oxygen atoms in total. The number of nitrogens with one attached hydrogen (secondary N) is 3. The molecule has 0 saturated carbocycles. The molecule has 0 radical (unpaired) electrons. The van der Waals surface area contributed by atoms with E-state index in [0.29, 0.717) is 25.6 Å². The Morgan fingerprint density at radius 1 is 1.17 bits per heavy atom. The van der Waals surface area contributed by atoms with Crippen molar-refractivity contribution in [1.29, 1.82) is 0 Å². The number of benzene rings is 1. The average molecular weight is 505 g/mol. The highest BCUT2D eigenvalue weighted by Crippen LogP contribution is 2.33. The van der Waals surface area contributed by atoms with Crippen LogP contribution >= 0.6 is 0 Å². The summed E-state index contributed by atoms with van der Waals surface area (Å²) in [6, 6.07) is 10.2. The Morgan fingerprint density at radius 3 is 2.78 bits per heavy atom. The van der Waals surface area contributed by atoms with Gasteiger partial charge in [-0.1, -0.05) is 36.8 Å². The number of amides is 3. The number of hydrogen-bond donors (Lipinski definition) is 3. The van der Waals surface area contributed by atoms with Crippen molar-refractivity contribution in [3.8, 4) is 0 Å². The van der Waals surface area contributed by atoms with Crippen molar-refractivity contribution < 1.29 is 23.8 Å². The van der Waals surface area contributed by atoms with Gasteiger partial charge < -0.3 is 35.1 Å². The summed E-state index contributed by atoms with van der Waals surface area (Å²) < 4.78 is 16.7. The second kappa shape index (κ2) is 15.7. The minimum absolute atomic E-state index is 0.00587. The van der Waals surface area contributed by atoms with E-state index >= 15 is 0 Å². The van der Waals surface area contributed by atoms with Crippen LogP contribution in [0.4, 0.5) is 9.59 Å². The molecule has 0 bridgehead atoms. The number of carbonyl (C=O) groups excluding carboxylic acids is 2. The predicted octanol–water partition coefficient (Wildman–Crippen LogP) is 3.32. The molecule has 36 heavy (non-hydrogen) atoms. The van der Waals surface area contributed by atoms with Gasteiger partial charge >= 0.3 is 12.1 Å². The van der Waals surface area contributed by atoms with Gasteiger partial charge in [0.1, 0.15) is 0 Å². The maximum absolute atomic E-state index is 13.3. The summed E-state index contributed by atoms with van der Waals surface area (Å²) in [6.45, 7) is 4.47. The second-order valence-corrected chi connectivity index (χ2v) is 9.85. The fraction of sp³-hybridized carbons (Fsp3) is 0.704. The highest BCUT2D eigenvalue weighted by atomic mass is 16.5. The number of alkyl carbamates (subject to hydrolysis) is 1. The standard InChI is InChI=1S/C27H44N4O5/c1-28-18-24(17-21-9-6-7-15-35-20-21)30-26(32)31-14-8-12-23(19-31)25(22-10-4-3-5-11-22)36-16-13-29-27(33)34-2/h3-5,10-11,21,23-25,28H,6-9,12-20H2,1-2H3,(H,29,33)(H,30,32)/t21-,23-,24+,25+/m1/s1. The number of rotatable bonds is 11. The summed E-state index contributed by atoms with van der Waals surface area (Å²) in [5, 5.41) is 9.19. The van der Waals surface area contributed by atoms with Gasteiger partial charge in [-0.2, -0.15) is 0 Å². The lowest BCUT2D eigenvalue weighted by molar-refractivity contribution is -0.00867. The number of ether oxygens (including phenoxy) is 3. The third kappa shape index (κ3) is 9.26. The van der Waals surface area contributed by atoms with Gasteiger partial charge in [0, 0.05) is 51.4 Å². The summed E-state index contributed by atoms with van der Waals surface area (Å²) in [5.41, 5.74) is 1.09. The number of nitrogens with zero attached hydrogens (tertiary/aromatic N) is 1. The van der Waals surface area contributed by atoms with Crippen molar-refractivity contribution in [2.75, 3.05) is 60.2 Å². The molecule has 0 aliphatic carbocycles. The van der Waals surface area contributed by atoms with Crippen molar-refractivity contribution >= 4 is 12.1 Å². The maximum Gasteiger partial charge on any atom is 0.406 e. The van der Waals surface area contributed by atoms with Gasteiger partial charge in [-0.3, -0.25) is 0 Å². The third-order valence-corrected chi connectivity index (χ3v) is 7.06. The van der Waals surface area contributed by atoms with Crippen LogP contribution in [0.2, 0.25) is 0 Å². The number of carbonyl (C=O) groups is 2. The zero-order chi connectivity index (χ0) is 25.6. The molecule has 2 aliphatic heterocycles. The van der Waals surface area contributed by atoms with Crippen molar-refractivity contribution in [1.82, 2.24) is 20.9 Å². The number of hydrogen-bond acceptors (Lipinski definition) is 6. The number of piperidine rings is 1. The van der Waals surface area contributed by atoms with Crippen molar-refractivity contribution in [2.24, 2.45) is 11.8 Å². The SMILES string of the molecule is CNC[C@H](C[C@H]1CCCCOC1)NC(=O)N1CCC[C@@H]([C@@H](OCCNC(=O)OC)c2ccccc2)C1. The van der Waals surface area contributed by atoms with E-state index in [1.807, 2.05) is 30.1 Å². The fourth-order valence-electron chi connectivity index (χ4n) is 5.26. The molecule has 9 heteroatoms. The number of likely N-dealkylation sites (tertiary alicyclic amines) is 1. The van der Waals surface area contributed by atoms with Crippen molar-refractivity contribution in [2.45, 2.75) is 50.7 Å². The molecule has 202 valence electrons. The molecule has 0 aromatic heterocycles. The number of likely N-dealkylation sites (N-methyl/N-ethyl adjacent to an activating group) is 1. The van der Waals surface area contributed by atoms with E-state index in [2.05, 4.69) is 32.8 Å². The molecule has 4 atom stereocenters. The monoisotopic (exact) mass is 504 g/mol. The van der Waals surface area contributed by atoms with Crippen LogP contribution in [-0.4, -0.2) is 83.2 Å². The summed E-state index contributed by atoms with van der Waals surface area (Å²) in [7, 11) is 3.27. The minimum Gasteiger partial charge on any atom is -0.453 e. The quantitative estimate of drug-likeness (QED) is 0.400. The Kier molecular flexibility index (Phi) is 12.3. The molecule has 2 saturated heterocycles. The van der Waals surface area contributed by atoms with Gasteiger partial charge in [0.25, 0.3) is 0 Å². The molecule has 0 unspecified atom stereocenters. The zero-order valence-corrected chi connectivity index (χ0v) is 21.9. The first-order valence-corrected chi connectivity index (χ1v) is 13.4. The molecular weight excluding hydrogens is 460 g/mol. The second-order valence-electron chi connectivity index (χ2n) is 9.85. The summed E-state index contributed by atoms with van der Waals surface area (Å²) >= 11 is 0. The van der Waals surface area contributed by atoms with Crippen LogP contribution in [0.1, 0.15) is 50.2 Å². The van der Waals surface area contributed by atoms with Gasteiger partial charge in [0.2, 0.25) is 0 Å². The van der Waals surface area contributed by atoms with Crippen LogP contribution in [-0.2, 0) is 14.2 Å². The molecule has 2 aliphatic rings. The van der Waals surface area contributed by atoms with E-state index in [1.54, 1.807) is 0 Å². The first-order chi connectivity index (χ1) is 17.6. The molecule has 3 amide bonds.